The highest BCUT2D eigenvalue weighted by atomic mass is 16.5. The van der Waals surface area contributed by atoms with Gasteiger partial charge in [-0.1, -0.05) is 43.3 Å². The highest BCUT2D eigenvalue weighted by Gasteiger charge is 2.16. The molecule has 3 heteroatoms. The van der Waals surface area contributed by atoms with Crippen molar-refractivity contribution in [2.45, 2.75) is 19.3 Å². The molecule has 0 aromatic heterocycles. The van der Waals surface area contributed by atoms with Crippen molar-refractivity contribution in [3.05, 3.63) is 89.5 Å². The van der Waals surface area contributed by atoms with E-state index in [1.165, 1.54) is 16.7 Å². The molecule has 0 radical (unpaired) electrons. The lowest BCUT2D eigenvalue weighted by atomic mass is 9.85. The SMILES string of the molecule is CCCOc1ccc(C(c2ccc(N)cc2)c2ccc(N)cc2)cc1. The quantitative estimate of drug-likeness (QED) is 0.502. The third-order valence-corrected chi connectivity index (χ3v) is 4.23. The van der Waals surface area contributed by atoms with Crippen LogP contribution in [0.15, 0.2) is 72.8 Å². The van der Waals surface area contributed by atoms with Crippen LogP contribution in [0.25, 0.3) is 0 Å². The Morgan fingerprint density at radius 3 is 1.48 bits per heavy atom. The summed E-state index contributed by atoms with van der Waals surface area (Å²) >= 11 is 0. The molecule has 0 saturated heterocycles. The molecule has 0 atom stereocenters. The summed E-state index contributed by atoms with van der Waals surface area (Å²) in [5, 5.41) is 0. The van der Waals surface area contributed by atoms with Gasteiger partial charge in [-0.15, -0.1) is 0 Å². The van der Waals surface area contributed by atoms with E-state index < -0.39 is 0 Å². The Morgan fingerprint density at radius 1 is 0.680 bits per heavy atom. The summed E-state index contributed by atoms with van der Waals surface area (Å²) in [5.74, 6) is 1.03. The molecule has 0 spiro atoms. The Hall–Kier alpha value is -2.94. The maximum Gasteiger partial charge on any atom is 0.119 e. The molecule has 3 nitrogen and oxygen atoms in total. The van der Waals surface area contributed by atoms with E-state index in [0.29, 0.717) is 0 Å². The summed E-state index contributed by atoms with van der Waals surface area (Å²) in [7, 11) is 0. The average Bonchev–Trinajstić information content (AvgIpc) is 2.64. The molecule has 0 unspecified atom stereocenters. The lowest BCUT2D eigenvalue weighted by Gasteiger charge is -2.20. The number of hydrogen-bond acceptors (Lipinski definition) is 3. The molecule has 0 bridgehead atoms. The highest BCUT2D eigenvalue weighted by Crippen LogP contribution is 2.33. The minimum absolute atomic E-state index is 0.126. The molecule has 25 heavy (non-hydrogen) atoms. The van der Waals surface area contributed by atoms with E-state index in [-0.39, 0.29) is 5.92 Å². The summed E-state index contributed by atoms with van der Waals surface area (Å²) in [4.78, 5) is 0. The lowest BCUT2D eigenvalue weighted by Crippen LogP contribution is -2.04. The first-order valence-corrected chi connectivity index (χ1v) is 8.61. The fraction of sp³-hybridized carbons (Fsp3) is 0.182. The number of nitrogens with two attached hydrogens (primary N) is 2. The van der Waals surface area contributed by atoms with Crippen LogP contribution in [-0.4, -0.2) is 6.61 Å². The maximum atomic E-state index is 5.86. The average molecular weight is 332 g/mol. The van der Waals surface area contributed by atoms with Crippen LogP contribution < -0.4 is 16.2 Å². The van der Waals surface area contributed by atoms with Crippen molar-refractivity contribution in [3.63, 3.8) is 0 Å². The fourth-order valence-electron chi connectivity index (χ4n) is 2.93. The van der Waals surface area contributed by atoms with Crippen molar-refractivity contribution in [1.29, 1.82) is 0 Å². The molecule has 0 aliphatic carbocycles. The standard InChI is InChI=1S/C22H24N2O/c1-2-15-25-21-13-7-18(8-14-21)22(16-3-9-19(23)10-4-16)17-5-11-20(24)12-6-17/h3-14,22H,2,15,23-24H2,1H3. The van der Waals surface area contributed by atoms with Gasteiger partial charge in [-0.3, -0.25) is 0 Å². The lowest BCUT2D eigenvalue weighted by molar-refractivity contribution is 0.317. The number of anilines is 2. The van der Waals surface area contributed by atoms with Crippen LogP contribution in [0.3, 0.4) is 0 Å². The first-order valence-electron chi connectivity index (χ1n) is 8.61. The van der Waals surface area contributed by atoms with Gasteiger partial charge in [-0.2, -0.15) is 0 Å². The van der Waals surface area contributed by atoms with Gasteiger partial charge < -0.3 is 16.2 Å². The summed E-state index contributed by atoms with van der Waals surface area (Å²) in [6.07, 6.45) is 1.00. The molecule has 0 fully saturated rings. The van der Waals surface area contributed by atoms with E-state index in [2.05, 4.69) is 43.3 Å². The first kappa shape index (κ1) is 16.9. The molecule has 3 aromatic carbocycles. The minimum atomic E-state index is 0.126. The molecule has 0 saturated carbocycles. The Balaban J connectivity index is 1.98. The molecule has 0 aliphatic heterocycles. The van der Waals surface area contributed by atoms with E-state index in [9.17, 15) is 0 Å². The molecule has 3 aromatic rings. The largest absolute Gasteiger partial charge is 0.494 e. The van der Waals surface area contributed by atoms with Gasteiger partial charge in [0.25, 0.3) is 0 Å². The van der Waals surface area contributed by atoms with Crippen LogP contribution in [0.5, 0.6) is 5.75 Å². The zero-order valence-electron chi connectivity index (χ0n) is 14.5. The third-order valence-electron chi connectivity index (χ3n) is 4.23. The zero-order valence-corrected chi connectivity index (χ0v) is 14.5. The molecule has 3 rings (SSSR count). The normalized spacial score (nSPS) is 10.8. The second-order valence-electron chi connectivity index (χ2n) is 6.18. The van der Waals surface area contributed by atoms with Gasteiger partial charge in [-0.25, -0.2) is 0 Å². The van der Waals surface area contributed by atoms with Gasteiger partial charge in [-0.05, 0) is 59.5 Å². The molecule has 0 aliphatic rings. The Labute approximate surface area is 149 Å². The Morgan fingerprint density at radius 2 is 1.08 bits per heavy atom. The van der Waals surface area contributed by atoms with E-state index in [1.54, 1.807) is 0 Å². The predicted molar refractivity (Wildman–Crippen MR) is 105 cm³/mol. The van der Waals surface area contributed by atoms with Crippen LogP contribution in [0.2, 0.25) is 0 Å². The molecular weight excluding hydrogens is 308 g/mol. The van der Waals surface area contributed by atoms with Gasteiger partial charge in [0.15, 0.2) is 0 Å². The number of nitrogen functional groups attached to an aromatic ring is 2. The van der Waals surface area contributed by atoms with E-state index >= 15 is 0 Å². The number of benzene rings is 3. The first-order chi connectivity index (χ1) is 12.2. The monoisotopic (exact) mass is 332 g/mol. The molecule has 0 heterocycles. The highest BCUT2D eigenvalue weighted by molar-refractivity contribution is 5.50. The Bertz CT molecular complexity index is 747. The minimum Gasteiger partial charge on any atom is -0.494 e. The van der Waals surface area contributed by atoms with Gasteiger partial charge >= 0.3 is 0 Å². The number of rotatable bonds is 6. The second kappa shape index (κ2) is 7.75. The molecule has 0 amide bonds. The van der Waals surface area contributed by atoms with Crippen molar-refractivity contribution in [3.8, 4) is 5.75 Å². The van der Waals surface area contributed by atoms with Gasteiger partial charge in [0.05, 0.1) is 6.61 Å². The predicted octanol–water partition coefficient (Wildman–Crippen LogP) is 4.82. The van der Waals surface area contributed by atoms with E-state index in [0.717, 1.165) is 30.2 Å². The van der Waals surface area contributed by atoms with Gasteiger partial charge in [0.1, 0.15) is 5.75 Å². The zero-order chi connectivity index (χ0) is 17.6. The maximum absolute atomic E-state index is 5.86. The third kappa shape index (κ3) is 4.13. The van der Waals surface area contributed by atoms with Crippen molar-refractivity contribution >= 4 is 11.4 Å². The van der Waals surface area contributed by atoms with Crippen LogP contribution in [0.4, 0.5) is 11.4 Å². The number of ether oxygens (including phenoxy) is 1. The van der Waals surface area contributed by atoms with Crippen molar-refractivity contribution < 1.29 is 4.74 Å². The Kier molecular flexibility index (Phi) is 5.24. The van der Waals surface area contributed by atoms with Crippen LogP contribution in [0, 0.1) is 0 Å². The van der Waals surface area contributed by atoms with E-state index in [1.807, 2.05) is 36.4 Å². The van der Waals surface area contributed by atoms with Crippen LogP contribution in [0.1, 0.15) is 36.0 Å². The topological polar surface area (TPSA) is 61.3 Å². The second-order valence-corrected chi connectivity index (χ2v) is 6.18. The summed E-state index contributed by atoms with van der Waals surface area (Å²) in [5.41, 5.74) is 16.8. The smallest absolute Gasteiger partial charge is 0.119 e. The van der Waals surface area contributed by atoms with Crippen molar-refractivity contribution in [2.75, 3.05) is 18.1 Å². The summed E-state index contributed by atoms with van der Waals surface area (Å²) in [6, 6.07) is 24.4. The van der Waals surface area contributed by atoms with Crippen LogP contribution in [-0.2, 0) is 0 Å². The molecular formula is C22H24N2O. The van der Waals surface area contributed by atoms with Crippen LogP contribution >= 0.6 is 0 Å². The molecule has 128 valence electrons. The summed E-state index contributed by atoms with van der Waals surface area (Å²) in [6.45, 7) is 2.84. The van der Waals surface area contributed by atoms with Crippen molar-refractivity contribution in [1.82, 2.24) is 0 Å². The number of hydrogen-bond donors (Lipinski definition) is 2. The van der Waals surface area contributed by atoms with Gasteiger partial charge in [0.2, 0.25) is 0 Å². The fourth-order valence-corrected chi connectivity index (χ4v) is 2.93. The summed E-state index contributed by atoms with van der Waals surface area (Å²) < 4.78 is 5.70. The molecule has 4 N–H and O–H groups in total. The van der Waals surface area contributed by atoms with Crippen molar-refractivity contribution in [2.24, 2.45) is 0 Å². The van der Waals surface area contributed by atoms with E-state index in [4.69, 9.17) is 16.2 Å². The van der Waals surface area contributed by atoms with Gasteiger partial charge in [0, 0.05) is 17.3 Å².